The lowest BCUT2D eigenvalue weighted by atomic mass is 9.96. The Labute approximate surface area is 232 Å². The molecule has 208 valence electrons. The monoisotopic (exact) mass is 578 g/mol. The van der Waals surface area contributed by atoms with Crippen LogP contribution >= 0.6 is 23.1 Å². The SMILES string of the molecule is C=CC(=O)N1[C@H](C)CN(c2nc(=O)n3c4c(c(-c5ccsc5C)c(C(F)(F)F)cc24)SC[C@@H]3COC)C[C@@H]1C. The molecule has 0 spiro atoms. The van der Waals surface area contributed by atoms with E-state index in [0.717, 1.165) is 10.9 Å². The summed E-state index contributed by atoms with van der Waals surface area (Å²) in [6.07, 6.45) is -3.38. The van der Waals surface area contributed by atoms with E-state index in [1.807, 2.05) is 18.7 Å². The Hall–Kier alpha value is -2.83. The van der Waals surface area contributed by atoms with Gasteiger partial charge in [-0.3, -0.25) is 9.36 Å². The van der Waals surface area contributed by atoms with Crippen LogP contribution in [0.1, 0.15) is 30.3 Å². The quantitative estimate of drug-likeness (QED) is 0.380. The first-order valence-corrected chi connectivity index (χ1v) is 14.4. The van der Waals surface area contributed by atoms with Gasteiger partial charge in [-0.2, -0.15) is 18.2 Å². The van der Waals surface area contributed by atoms with Crippen molar-refractivity contribution in [2.24, 2.45) is 0 Å². The Morgan fingerprint density at radius 2 is 1.97 bits per heavy atom. The molecule has 7 nitrogen and oxygen atoms in total. The summed E-state index contributed by atoms with van der Waals surface area (Å²) < 4.78 is 51.0. The van der Waals surface area contributed by atoms with E-state index < -0.39 is 17.4 Å². The van der Waals surface area contributed by atoms with Crippen LogP contribution in [0.25, 0.3) is 22.0 Å². The number of halogens is 3. The number of rotatable bonds is 5. The van der Waals surface area contributed by atoms with Gasteiger partial charge in [0.05, 0.1) is 23.7 Å². The largest absolute Gasteiger partial charge is 0.417 e. The number of benzene rings is 1. The van der Waals surface area contributed by atoms with Crippen LogP contribution < -0.4 is 10.6 Å². The van der Waals surface area contributed by atoms with Crippen LogP contribution in [-0.2, 0) is 15.7 Å². The van der Waals surface area contributed by atoms with Crippen molar-refractivity contribution in [3.8, 4) is 11.1 Å². The highest BCUT2D eigenvalue weighted by atomic mass is 32.2. The third-order valence-corrected chi connectivity index (χ3v) is 9.45. The molecule has 3 aromatic rings. The van der Waals surface area contributed by atoms with Crippen LogP contribution in [0.4, 0.5) is 19.0 Å². The lowest BCUT2D eigenvalue weighted by molar-refractivity contribution is -0.137. The molecule has 1 aromatic carbocycles. The lowest BCUT2D eigenvalue weighted by Crippen LogP contribution is -2.58. The second-order valence-corrected chi connectivity index (χ2v) is 12.1. The maximum atomic E-state index is 14.7. The van der Waals surface area contributed by atoms with Crippen molar-refractivity contribution in [2.45, 2.75) is 50.0 Å². The number of thiophene rings is 1. The zero-order valence-electron chi connectivity index (χ0n) is 22.0. The summed E-state index contributed by atoms with van der Waals surface area (Å²) in [5.74, 6) is 0.369. The van der Waals surface area contributed by atoms with E-state index in [1.165, 1.54) is 40.9 Å². The molecule has 0 unspecified atom stereocenters. The van der Waals surface area contributed by atoms with Crippen molar-refractivity contribution in [2.75, 3.05) is 37.5 Å². The molecule has 0 saturated carbocycles. The second-order valence-electron chi connectivity index (χ2n) is 9.97. The van der Waals surface area contributed by atoms with Crippen molar-refractivity contribution in [1.82, 2.24) is 14.5 Å². The van der Waals surface area contributed by atoms with Crippen molar-refractivity contribution in [1.29, 1.82) is 0 Å². The number of nitrogens with zero attached hydrogens (tertiary/aromatic N) is 4. The highest BCUT2D eigenvalue weighted by Gasteiger charge is 2.40. The maximum absolute atomic E-state index is 14.7. The number of hydrogen-bond acceptors (Lipinski definition) is 7. The van der Waals surface area contributed by atoms with Crippen LogP contribution in [0.5, 0.6) is 0 Å². The highest BCUT2D eigenvalue weighted by molar-refractivity contribution is 7.99. The number of methoxy groups -OCH3 is 1. The fourth-order valence-corrected chi connectivity index (χ4v) is 7.84. The number of anilines is 1. The van der Waals surface area contributed by atoms with Gasteiger partial charge in [-0.1, -0.05) is 6.58 Å². The Kier molecular flexibility index (Phi) is 7.32. The molecule has 2 aliphatic rings. The summed E-state index contributed by atoms with van der Waals surface area (Å²) in [6.45, 7) is 9.97. The molecule has 5 rings (SSSR count). The number of carbonyl (C=O) groups excluding carboxylic acids is 1. The molecule has 4 heterocycles. The topological polar surface area (TPSA) is 67.7 Å². The third-order valence-electron chi connectivity index (χ3n) is 7.37. The van der Waals surface area contributed by atoms with E-state index >= 15 is 0 Å². The van der Waals surface area contributed by atoms with E-state index in [1.54, 1.807) is 23.3 Å². The average Bonchev–Trinajstić information content (AvgIpc) is 3.30. The van der Waals surface area contributed by atoms with Crippen LogP contribution in [0.3, 0.4) is 0 Å². The van der Waals surface area contributed by atoms with Gasteiger partial charge >= 0.3 is 11.9 Å². The minimum absolute atomic E-state index is 0.100. The molecule has 39 heavy (non-hydrogen) atoms. The number of ether oxygens (including phenoxy) is 1. The zero-order chi connectivity index (χ0) is 28.2. The zero-order valence-corrected chi connectivity index (χ0v) is 23.7. The molecule has 0 bridgehead atoms. The van der Waals surface area contributed by atoms with E-state index in [0.29, 0.717) is 34.8 Å². The van der Waals surface area contributed by atoms with Gasteiger partial charge < -0.3 is 14.5 Å². The first kappa shape index (κ1) is 27.7. The molecule has 1 amide bonds. The predicted octanol–water partition coefficient (Wildman–Crippen LogP) is 5.36. The van der Waals surface area contributed by atoms with Crippen LogP contribution in [0, 0.1) is 6.92 Å². The summed E-state index contributed by atoms with van der Waals surface area (Å²) in [5.41, 5.74) is -0.222. The molecule has 3 atom stereocenters. The number of aryl methyl sites for hydroxylation is 1. The first-order chi connectivity index (χ1) is 18.5. The second kappa shape index (κ2) is 10.3. The molecule has 12 heteroatoms. The van der Waals surface area contributed by atoms with E-state index in [9.17, 15) is 22.8 Å². The summed E-state index contributed by atoms with van der Waals surface area (Å²) >= 11 is 2.70. The standard InChI is InChI=1S/C27H29F3N4O3S2/c1-6-21(35)33-14(2)10-32(11-15(33)3)25-19-9-20(27(28,29)30)22(18-7-8-38-16(18)4)24-23(19)34(26(36)31-25)17(12-37-5)13-39-24/h6-9,14-15,17H,1,10-13H2,2-5H3/t14-,15+,17-/m0/s1. The molecule has 1 saturated heterocycles. The molecule has 2 aromatic heterocycles. The van der Waals surface area contributed by atoms with Gasteiger partial charge in [-0.15, -0.1) is 23.1 Å². The fraction of sp³-hybridized carbons (Fsp3) is 0.444. The molecule has 1 fully saturated rings. The number of carbonyl (C=O) groups is 1. The number of hydrogen-bond donors (Lipinski definition) is 0. The Balaban J connectivity index is 1.81. The highest BCUT2D eigenvalue weighted by Crippen LogP contribution is 2.51. The van der Waals surface area contributed by atoms with E-state index in [2.05, 4.69) is 11.6 Å². The number of amides is 1. The number of thioether (sulfide) groups is 1. The Morgan fingerprint density at radius 3 is 2.54 bits per heavy atom. The average molecular weight is 579 g/mol. The fourth-order valence-electron chi connectivity index (χ4n) is 5.82. The van der Waals surface area contributed by atoms with Gasteiger partial charge in [-0.25, -0.2) is 4.79 Å². The maximum Gasteiger partial charge on any atom is 0.417 e. The van der Waals surface area contributed by atoms with Gasteiger partial charge in [0.25, 0.3) is 0 Å². The van der Waals surface area contributed by atoms with Crippen molar-refractivity contribution >= 4 is 45.7 Å². The molecule has 0 radical (unpaired) electrons. The van der Waals surface area contributed by atoms with Crippen LogP contribution in [0.15, 0.2) is 39.9 Å². The van der Waals surface area contributed by atoms with Gasteiger partial charge in [0.2, 0.25) is 5.91 Å². The summed E-state index contributed by atoms with van der Waals surface area (Å²) in [5, 5.41) is 2.05. The van der Waals surface area contributed by atoms with E-state index in [4.69, 9.17) is 4.74 Å². The predicted molar refractivity (Wildman–Crippen MR) is 149 cm³/mol. The summed E-state index contributed by atoms with van der Waals surface area (Å²) in [4.78, 5) is 35.1. The Morgan fingerprint density at radius 1 is 1.28 bits per heavy atom. The summed E-state index contributed by atoms with van der Waals surface area (Å²) in [7, 11) is 1.53. The van der Waals surface area contributed by atoms with E-state index in [-0.39, 0.29) is 47.4 Å². The van der Waals surface area contributed by atoms with Crippen molar-refractivity contribution in [3.05, 3.63) is 51.1 Å². The minimum atomic E-state index is -4.63. The smallest absolute Gasteiger partial charge is 0.383 e. The van der Waals surface area contributed by atoms with Crippen LogP contribution in [-0.4, -0.2) is 65.0 Å². The van der Waals surface area contributed by atoms with Gasteiger partial charge in [0.15, 0.2) is 0 Å². The van der Waals surface area contributed by atoms with Gasteiger partial charge in [0, 0.05) is 58.8 Å². The number of aromatic nitrogens is 2. The number of alkyl halides is 3. The first-order valence-electron chi connectivity index (χ1n) is 12.5. The number of piperazine rings is 1. The minimum Gasteiger partial charge on any atom is -0.383 e. The molecular formula is C27H29F3N4O3S2. The Bertz CT molecular complexity index is 1500. The molecular weight excluding hydrogens is 549 g/mol. The molecule has 2 aliphatic heterocycles. The van der Waals surface area contributed by atoms with Crippen molar-refractivity contribution in [3.63, 3.8) is 0 Å². The normalized spacial score (nSPS) is 21.5. The molecule has 0 aliphatic carbocycles. The lowest BCUT2D eigenvalue weighted by Gasteiger charge is -2.45. The van der Waals surface area contributed by atoms with Gasteiger partial charge in [-0.05, 0) is 49.9 Å². The molecule has 0 N–H and O–H groups in total. The van der Waals surface area contributed by atoms with Crippen LogP contribution in [0.2, 0.25) is 0 Å². The van der Waals surface area contributed by atoms with Gasteiger partial charge in [0.1, 0.15) is 5.82 Å². The summed E-state index contributed by atoms with van der Waals surface area (Å²) in [6, 6.07) is 1.94. The third kappa shape index (κ3) is 4.66. The van der Waals surface area contributed by atoms with Crippen molar-refractivity contribution < 1.29 is 22.7 Å².